The average molecular weight is 458 g/mol. The number of hydrogen-bond acceptors (Lipinski definition) is 5. The van der Waals surface area contributed by atoms with Crippen molar-refractivity contribution in [3.8, 4) is 0 Å². The fourth-order valence-electron chi connectivity index (χ4n) is 4.88. The van der Waals surface area contributed by atoms with Gasteiger partial charge in [0.25, 0.3) is 0 Å². The van der Waals surface area contributed by atoms with Gasteiger partial charge in [-0.15, -0.1) is 0 Å². The van der Waals surface area contributed by atoms with Crippen LogP contribution in [-0.2, 0) is 9.47 Å². The van der Waals surface area contributed by atoms with Crippen molar-refractivity contribution in [2.75, 3.05) is 39.3 Å². The number of rotatable bonds is 5. The molecular formula is C26H39N3O4. The molecule has 0 bridgehead atoms. The van der Waals surface area contributed by atoms with Gasteiger partial charge < -0.3 is 19.3 Å². The van der Waals surface area contributed by atoms with Crippen LogP contribution in [0.15, 0.2) is 43.0 Å². The van der Waals surface area contributed by atoms with Gasteiger partial charge in [-0.3, -0.25) is 4.90 Å². The van der Waals surface area contributed by atoms with Gasteiger partial charge in [-0.25, -0.2) is 9.59 Å². The molecule has 2 unspecified atom stereocenters. The molecule has 0 saturated carbocycles. The van der Waals surface area contributed by atoms with Crippen LogP contribution in [0.4, 0.5) is 9.59 Å². The van der Waals surface area contributed by atoms with Gasteiger partial charge in [0.2, 0.25) is 0 Å². The van der Waals surface area contributed by atoms with E-state index in [1.807, 2.05) is 31.7 Å². The second-order valence-electron chi connectivity index (χ2n) is 10.1. The van der Waals surface area contributed by atoms with Crippen LogP contribution in [0.1, 0.15) is 52.1 Å². The van der Waals surface area contributed by atoms with Crippen LogP contribution >= 0.6 is 0 Å². The van der Waals surface area contributed by atoms with E-state index in [0.29, 0.717) is 32.1 Å². The van der Waals surface area contributed by atoms with E-state index in [2.05, 4.69) is 42.7 Å². The van der Waals surface area contributed by atoms with Crippen LogP contribution in [0.2, 0.25) is 0 Å². The van der Waals surface area contributed by atoms with Crippen molar-refractivity contribution in [3.05, 3.63) is 48.6 Å². The van der Waals surface area contributed by atoms with Gasteiger partial charge in [0.15, 0.2) is 0 Å². The number of ether oxygens (including phenoxy) is 2. The first kappa shape index (κ1) is 25.1. The Labute approximate surface area is 198 Å². The number of piperazine rings is 1. The maximum Gasteiger partial charge on any atom is 0.410 e. The van der Waals surface area contributed by atoms with Crippen LogP contribution in [0, 0.1) is 5.92 Å². The van der Waals surface area contributed by atoms with Gasteiger partial charge in [-0.1, -0.05) is 43.0 Å². The number of hydrogen-bond donors (Lipinski definition) is 0. The Hall–Kier alpha value is -2.54. The van der Waals surface area contributed by atoms with Gasteiger partial charge in [0, 0.05) is 44.8 Å². The molecule has 1 aromatic rings. The van der Waals surface area contributed by atoms with E-state index in [9.17, 15) is 9.59 Å². The van der Waals surface area contributed by atoms with Crippen molar-refractivity contribution in [2.24, 2.45) is 5.92 Å². The molecule has 2 saturated heterocycles. The van der Waals surface area contributed by atoms with Crippen LogP contribution in [0.3, 0.4) is 0 Å². The number of carbonyl (C=O) groups is 2. The first-order valence-electron chi connectivity index (χ1n) is 12.0. The molecule has 0 aromatic heterocycles. The smallest absolute Gasteiger partial charge is 0.410 e. The monoisotopic (exact) mass is 457 g/mol. The minimum atomic E-state index is -0.484. The third-order valence-electron chi connectivity index (χ3n) is 6.40. The van der Waals surface area contributed by atoms with Crippen LogP contribution in [-0.4, -0.2) is 77.9 Å². The maximum atomic E-state index is 12.5. The number of carbonyl (C=O) groups excluding carboxylic acids is 2. The van der Waals surface area contributed by atoms with E-state index in [4.69, 9.17) is 9.47 Å². The Kier molecular flexibility index (Phi) is 8.40. The van der Waals surface area contributed by atoms with E-state index in [1.54, 1.807) is 11.0 Å². The highest BCUT2D eigenvalue weighted by Gasteiger charge is 2.38. The minimum absolute atomic E-state index is 0.198. The van der Waals surface area contributed by atoms with Gasteiger partial charge in [0.1, 0.15) is 12.2 Å². The van der Waals surface area contributed by atoms with E-state index in [1.165, 1.54) is 5.56 Å². The van der Waals surface area contributed by atoms with Crippen molar-refractivity contribution < 1.29 is 19.1 Å². The molecule has 2 amide bonds. The lowest BCUT2D eigenvalue weighted by atomic mass is 9.83. The van der Waals surface area contributed by atoms with E-state index < -0.39 is 5.60 Å². The lowest BCUT2D eigenvalue weighted by molar-refractivity contribution is -0.00322. The molecule has 0 N–H and O–H groups in total. The lowest BCUT2D eigenvalue weighted by Gasteiger charge is -2.47. The van der Waals surface area contributed by atoms with E-state index in [0.717, 1.165) is 19.4 Å². The molecule has 2 heterocycles. The van der Waals surface area contributed by atoms with E-state index in [-0.39, 0.29) is 30.9 Å². The summed E-state index contributed by atoms with van der Waals surface area (Å²) < 4.78 is 10.8. The SMILES string of the molecule is C=CCOC(=O)N1CCN(C(c2ccccc2)C2CCN(C(=O)OC(C)(C)C)CC2)C(C)C1. The van der Waals surface area contributed by atoms with E-state index >= 15 is 0 Å². The molecule has 1 aromatic carbocycles. The Morgan fingerprint density at radius 1 is 1.06 bits per heavy atom. The summed E-state index contributed by atoms with van der Waals surface area (Å²) in [5.41, 5.74) is 0.811. The summed E-state index contributed by atoms with van der Waals surface area (Å²) in [6.07, 6.45) is 2.94. The molecule has 33 heavy (non-hydrogen) atoms. The highest BCUT2D eigenvalue weighted by molar-refractivity contribution is 5.68. The highest BCUT2D eigenvalue weighted by Crippen LogP contribution is 2.38. The number of nitrogens with zero attached hydrogens (tertiary/aromatic N) is 3. The standard InChI is InChI=1S/C26H39N3O4/c1-6-18-32-24(30)28-16-17-29(20(2)19-28)23(21-10-8-7-9-11-21)22-12-14-27(15-13-22)25(31)33-26(3,4)5/h6-11,20,22-23H,1,12-19H2,2-5H3. The average Bonchev–Trinajstić information content (AvgIpc) is 2.78. The van der Waals surface area contributed by atoms with Crippen LogP contribution in [0.25, 0.3) is 0 Å². The summed E-state index contributed by atoms with van der Waals surface area (Å²) in [5, 5.41) is 0. The second kappa shape index (κ2) is 11.1. The molecule has 3 rings (SSSR count). The molecule has 2 atom stereocenters. The van der Waals surface area contributed by atoms with Crippen molar-refractivity contribution in [1.82, 2.24) is 14.7 Å². The van der Waals surface area contributed by atoms with Gasteiger partial charge in [-0.05, 0) is 52.0 Å². The number of likely N-dealkylation sites (tertiary alicyclic amines) is 1. The first-order valence-corrected chi connectivity index (χ1v) is 12.0. The van der Waals surface area contributed by atoms with Crippen molar-refractivity contribution in [3.63, 3.8) is 0 Å². The lowest BCUT2D eigenvalue weighted by Crippen LogP contribution is -2.56. The third kappa shape index (κ3) is 6.73. The Balaban J connectivity index is 1.69. The zero-order chi connectivity index (χ0) is 24.0. The number of piperidine rings is 1. The van der Waals surface area contributed by atoms with Crippen molar-refractivity contribution >= 4 is 12.2 Å². The molecular weight excluding hydrogens is 418 g/mol. The fraction of sp³-hybridized carbons (Fsp3) is 0.615. The van der Waals surface area contributed by atoms with Gasteiger partial charge in [-0.2, -0.15) is 0 Å². The van der Waals surface area contributed by atoms with Crippen molar-refractivity contribution in [2.45, 2.75) is 58.2 Å². The number of amides is 2. The summed E-state index contributed by atoms with van der Waals surface area (Å²) in [5.74, 6) is 0.424. The van der Waals surface area contributed by atoms with Gasteiger partial charge in [0.05, 0.1) is 0 Å². The topological polar surface area (TPSA) is 62.3 Å². The summed E-state index contributed by atoms with van der Waals surface area (Å²) in [4.78, 5) is 31.0. The summed E-state index contributed by atoms with van der Waals surface area (Å²) in [6, 6.07) is 11.1. The summed E-state index contributed by atoms with van der Waals surface area (Å²) in [6.45, 7) is 15.2. The van der Waals surface area contributed by atoms with Crippen molar-refractivity contribution in [1.29, 1.82) is 0 Å². The third-order valence-corrected chi connectivity index (χ3v) is 6.40. The largest absolute Gasteiger partial charge is 0.445 e. The molecule has 2 fully saturated rings. The molecule has 0 spiro atoms. The molecule has 7 nitrogen and oxygen atoms in total. The molecule has 182 valence electrons. The molecule has 0 aliphatic carbocycles. The maximum absolute atomic E-state index is 12.5. The summed E-state index contributed by atoms with van der Waals surface area (Å²) in [7, 11) is 0. The Morgan fingerprint density at radius 2 is 1.73 bits per heavy atom. The quantitative estimate of drug-likeness (QED) is 0.600. The van der Waals surface area contributed by atoms with Crippen LogP contribution < -0.4 is 0 Å². The Bertz CT molecular complexity index is 800. The molecule has 0 radical (unpaired) electrons. The molecule has 2 aliphatic heterocycles. The predicted molar refractivity (Wildman–Crippen MR) is 129 cm³/mol. The zero-order valence-corrected chi connectivity index (χ0v) is 20.5. The Morgan fingerprint density at radius 3 is 2.30 bits per heavy atom. The predicted octanol–water partition coefficient (Wildman–Crippen LogP) is 4.70. The molecule has 7 heteroatoms. The van der Waals surface area contributed by atoms with Crippen LogP contribution in [0.5, 0.6) is 0 Å². The zero-order valence-electron chi connectivity index (χ0n) is 20.5. The van der Waals surface area contributed by atoms with Gasteiger partial charge >= 0.3 is 12.2 Å². The highest BCUT2D eigenvalue weighted by atomic mass is 16.6. The fourth-order valence-corrected chi connectivity index (χ4v) is 4.88. The second-order valence-corrected chi connectivity index (χ2v) is 10.1. The first-order chi connectivity index (χ1) is 15.7. The normalized spacial score (nSPS) is 21.4. The number of benzene rings is 1. The minimum Gasteiger partial charge on any atom is -0.445 e. The molecule has 2 aliphatic rings. The summed E-state index contributed by atoms with van der Waals surface area (Å²) >= 11 is 0.